The van der Waals surface area contributed by atoms with E-state index in [1.807, 2.05) is 37.3 Å². The summed E-state index contributed by atoms with van der Waals surface area (Å²) in [6.45, 7) is 5.55. The van der Waals surface area contributed by atoms with Crippen LogP contribution in [0.4, 0.5) is 0 Å². The molecule has 164 valence electrons. The van der Waals surface area contributed by atoms with Crippen LogP contribution >= 0.6 is 11.8 Å². The summed E-state index contributed by atoms with van der Waals surface area (Å²) >= 11 is 1.28. The quantitative estimate of drug-likeness (QED) is 0.659. The number of nitrogens with zero attached hydrogens (tertiary/aromatic N) is 2. The molecule has 2 aromatic carbocycles. The lowest BCUT2D eigenvalue weighted by molar-refractivity contribution is -0.129. The summed E-state index contributed by atoms with van der Waals surface area (Å²) in [6, 6.07) is 13.2. The molecule has 2 amide bonds. The summed E-state index contributed by atoms with van der Waals surface area (Å²) in [4.78, 5) is 23.4. The van der Waals surface area contributed by atoms with Crippen LogP contribution in [0.15, 0.2) is 47.6 Å². The number of benzene rings is 2. The highest BCUT2D eigenvalue weighted by atomic mass is 32.2. The van der Waals surface area contributed by atoms with Crippen LogP contribution in [0, 0.1) is 6.92 Å². The first-order valence-electron chi connectivity index (χ1n) is 9.71. The summed E-state index contributed by atoms with van der Waals surface area (Å²) in [6.07, 6.45) is 0. The number of aryl methyl sites for hydroxylation is 1. The molecule has 3 rings (SSSR count). The molecule has 1 aliphatic rings. The maximum atomic E-state index is 12.0. The number of carbonyl (C=O) groups is 2. The molecule has 1 atom stereocenters. The van der Waals surface area contributed by atoms with Crippen LogP contribution in [-0.2, 0) is 9.59 Å². The van der Waals surface area contributed by atoms with Crippen molar-refractivity contribution >= 4 is 28.7 Å². The Bertz CT molecular complexity index is 995. The van der Waals surface area contributed by atoms with Crippen LogP contribution in [0.3, 0.4) is 0 Å². The molecule has 0 bridgehead atoms. The second-order valence-electron chi connectivity index (χ2n) is 6.79. The first-order chi connectivity index (χ1) is 14.9. The van der Waals surface area contributed by atoms with Gasteiger partial charge in [-0.2, -0.15) is 0 Å². The number of hydrazone groups is 1. The topological polar surface area (TPSA) is 89.5 Å². The number of hydrogen-bond acceptors (Lipinski definition) is 7. The second kappa shape index (κ2) is 10.2. The molecule has 0 radical (unpaired) electrons. The average molecular weight is 444 g/mol. The Balaban J connectivity index is 1.66. The number of amidine groups is 1. The van der Waals surface area contributed by atoms with Crippen LogP contribution in [0.2, 0.25) is 0 Å². The Morgan fingerprint density at radius 2 is 1.77 bits per heavy atom. The fourth-order valence-electron chi connectivity index (χ4n) is 2.96. The second-order valence-corrected chi connectivity index (χ2v) is 7.86. The van der Waals surface area contributed by atoms with E-state index in [1.54, 1.807) is 19.2 Å². The Hall–Kier alpha value is -3.20. The maximum absolute atomic E-state index is 12.0. The van der Waals surface area contributed by atoms with E-state index in [9.17, 15) is 9.59 Å². The predicted molar refractivity (Wildman–Crippen MR) is 119 cm³/mol. The van der Waals surface area contributed by atoms with Crippen molar-refractivity contribution in [1.82, 2.24) is 10.3 Å². The van der Waals surface area contributed by atoms with Gasteiger partial charge in [-0.3, -0.25) is 9.59 Å². The van der Waals surface area contributed by atoms with Crippen molar-refractivity contribution in [2.45, 2.75) is 26.1 Å². The summed E-state index contributed by atoms with van der Waals surface area (Å²) in [5, 5.41) is 8.13. The van der Waals surface area contributed by atoms with Gasteiger partial charge in [0.2, 0.25) is 11.8 Å². The van der Waals surface area contributed by atoms with E-state index < -0.39 is 5.37 Å². The highest BCUT2D eigenvalue weighted by Crippen LogP contribution is 2.41. The molecule has 0 unspecified atom stereocenters. The molecule has 9 heteroatoms. The van der Waals surface area contributed by atoms with Crippen molar-refractivity contribution in [3.8, 4) is 17.2 Å². The molecule has 8 nitrogen and oxygen atoms in total. The molecule has 0 saturated heterocycles. The standard InChI is InChI=1S/C22H25N3O5S/c1-14-7-5-6-8-18(14)29-11-12-30-19-10-9-17(13-20(19)28-4)21-25(16(3)27)24-22(31-21)23-15(2)26/h5-10,13,21H,11-12H2,1-4H3,(H,23,24,26)/t21-/m0/s1. The minimum atomic E-state index is -0.410. The van der Waals surface area contributed by atoms with Gasteiger partial charge in [0, 0.05) is 13.8 Å². The van der Waals surface area contributed by atoms with Gasteiger partial charge in [0.25, 0.3) is 0 Å². The number of para-hydroxylation sites is 1. The minimum absolute atomic E-state index is 0.231. The van der Waals surface area contributed by atoms with Crippen LogP contribution in [0.1, 0.15) is 30.3 Å². The maximum Gasteiger partial charge on any atom is 0.241 e. The summed E-state index contributed by atoms with van der Waals surface area (Å²) in [5.41, 5.74) is 1.86. The summed E-state index contributed by atoms with van der Waals surface area (Å²) in [7, 11) is 1.56. The van der Waals surface area contributed by atoms with Crippen molar-refractivity contribution in [3.05, 3.63) is 53.6 Å². The molecule has 0 saturated carbocycles. The zero-order chi connectivity index (χ0) is 22.4. The van der Waals surface area contributed by atoms with E-state index in [0.29, 0.717) is 29.9 Å². The van der Waals surface area contributed by atoms with Gasteiger partial charge in [-0.25, -0.2) is 5.01 Å². The van der Waals surface area contributed by atoms with Crippen LogP contribution < -0.4 is 19.5 Å². The lowest BCUT2D eigenvalue weighted by Gasteiger charge is -2.20. The monoisotopic (exact) mass is 443 g/mol. The SMILES string of the molecule is COc1cc([C@@H]2SC(NC(C)=O)=NN2C(C)=O)ccc1OCCOc1ccccc1C. The number of rotatable bonds is 7. The van der Waals surface area contributed by atoms with Crippen molar-refractivity contribution in [2.75, 3.05) is 20.3 Å². The van der Waals surface area contributed by atoms with Gasteiger partial charge in [0.15, 0.2) is 16.7 Å². The van der Waals surface area contributed by atoms with Crippen molar-refractivity contribution in [2.24, 2.45) is 5.10 Å². The van der Waals surface area contributed by atoms with E-state index in [-0.39, 0.29) is 11.8 Å². The molecule has 1 N–H and O–H groups in total. The van der Waals surface area contributed by atoms with Crippen LogP contribution in [-0.4, -0.2) is 42.3 Å². The molecule has 2 aromatic rings. The van der Waals surface area contributed by atoms with Gasteiger partial charge in [-0.15, -0.1) is 5.10 Å². The van der Waals surface area contributed by atoms with Gasteiger partial charge in [0.1, 0.15) is 24.3 Å². The number of nitrogens with one attached hydrogen (secondary N) is 1. The van der Waals surface area contributed by atoms with Gasteiger partial charge in [-0.05, 0) is 36.2 Å². The third kappa shape index (κ3) is 5.69. The Kier molecular flexibility index (Phi) is 7.41. The van der Waals surface area contributed by atoms with E-state index in [1.165, 1.54) is 30.6 Å². The van der Waals surface area contributed by atoms with E-state index in [2.05, 4.69) is 10.4 Å². The fraction of sp³-hybridized carbons (Fsp3) is 0.318. The number of thioether (sulfide) groups is 1. The lowest BCUT2D eigenvalue weighted by Crippen LogP contribution is -2.25. The van der Waals surface area contributed by atoms with Gasteiger partial charge in [-0.1, -0.05) is 36.0 Å². The normalized spacial score (nSPS) is 15.3. The third-order valence-corrected chi connectivity index (χ3v) is 5.52. The van der Waals surface area contributed by atoms with E-state index in [4.69, 9.17) is 14.2 Å². The van der Waals surface area contributed by atoms with Crippen molar-refractivity contribution in [1.29, 1.82) is 0 Å². The lowest BCUT2D eigenvalue weighted by atomic mass is 10.2. The number of carbonyl (C=O) groups excluding carboxylic acids is 2. The predicted octanol–water partition coefficient (Wildman–Crippen LogP) is 3.46. The number of ether oxygens (including phenoxy) is 3. The molecule has 0 fully saturated rings. The van der Waals surface area contributed by atoms with Crippen LogP contribution in [0.25, 0.3) is 0 Å². The van der Waals surface area contributed by atoms with E-state index >= 15 is 0 Å². The Labute approximate surface area is 185 Å². The van der Waals surface area contributed by atoms with Gasteiger partial charge < -0.3 is 19.5 Å². The Morgan fingerprint density at radius 3 is 2.42 bits per heavy atom. The fourth-order valence-corrected chi connectivity index (χ4v) is 4.09. The molecule has 1 aliphatic heterocycles. The molecule has 0 aromatic heterocycles. The Morgan fingerprint density at radius 1 is 1.06 bits per heavy atom. The zero-order valence-corrected chi connectivity index (χ0v) is 18.7. The van der Waals surface area contributed by atoms with Crippen molar-refractivity contribution < 1.29 is 23.8 Å². The molecule has 0 aliphatic carbocycles. The highest BCUT2D eigenvalue weighted by Gasteiger charge is 2.32. The first-order valence-corrected chi connectivity index (χ1v) is 10.6. The molecular formula is C22H25N3O5S. The number of hydrogen-bond donors (Lipinski definition) is 1. The third-order valence-electron chi connectivity index (χ3n) is 4.41. The molecule has 0 spiro atoms. The molecular weight excluding hydrogens is 418 g/mol. The first kappa shape index (κ1) is 22.5. The van der Waals surface area contributed by atoms with Crippen LogP contribution in [0.5, 0.6) is 17.2 Å². The largest absolute Gasteiger partial charge is 0.493 e. The van der Waals surface area contributed by atoms with Gasteiger partial charge in [0.05, 0.1) is 7.11 Å². The average Bonchev–Trinajstić information content (AvgIpc) is 3.16. The van der Waals surface area contributed by atoms with E-state index in [0.717, 1.165) is 16.9 Å². The summed E-state index contributed by atoms with van der Waals surface area (Å²) < 4.78 is 17.1. The zero-order valence-electron chi connectivity index (χ0n) is 17.9. The smallest absolute Gasteiger partial charge is 0.241 e. The highest BCUT2D eigenvalue weighted by molar-refractivity contribution is 8.14. The molecule has 31 heavy (non-hydrogen) atoms. The van der Waals surface area contributed by atoms with Crippen molar-refractivity contribution in [3.63, 3.8) is 0 Å². The number of amides is 2. The minimum Gasteiger partial charge on any atom is -0.493 e. The van der Waals surface area contributed by atoms with Gasteiger partial charge >= 0.3 is 0 Å². The number of methoxy groups -OCH3 is 1. The summed E-state index contributed by atoms with van der Waals surface area (Å²) in [5.74, 6) is 1.45. The molecule has 1 heterocycles.